The number of nitrogens with zero attached hydrogens (tertiary/aromatic N) is 4. The lowest BCUT2D eigenvalue weighted by atomic mass is 9.95. The third-order valence-electron chi connectivity index (χ3n) is 6.40. The second kappa shape index (κ2) is 9.51. The van der Waals surface area contributed by atoms with Gasteiger partial charge in [0.25, 0.3) is 0 Å². The van der Waals surface area contributed by atoms with Crippen molar-refractivity contribution in [3.05, 3.63) is 21.7 Å². The van der Waals surface area contributed by atoms with Crippen LogP contribution in [0.2, 0.25) is 0 Å². The third-order valence-corrected chi connectivity index (χ3v) is 7.42. The summed E-state index contributed by atoms with van der Waals surface area (Å²) in [6, 6.07) is 0.323. The smallest absolute Gasteiger partial charge is 0.353 e. The summed E-state index contributed by atoms with van der Waals surface area (Å²) in [6.07, 6.45) is 9.96. The minimum Gasteiger partial charge on any atom is -0.353 e. The first-order chi connectivity index (χ1) is 14.1. The van der Waals surface area contributed by atoms with E-state index in [9.17, 15) is 9.59 Å². The number of carbonyl (C=O) groups is 1. The molecule has 0 spiro atoms. The number of nitrogens with one attached hydrogen (secondary N) is 1. The molecule has 1 saturated carbocycles. The summed E-state index contributed by atoms with van der Waals surface area (Å²) in [5.41, 5.74) is 2.12. The fourth-order valence-corrected chi connectivity index (χ4v) is 5.62. The van der Waals surface area contributed by atoms with Gasteiger partial charge in [0, 0.05) is 37.8 Å². The number of fused-ring (bicyclic) bond motifs is 1. The number of hydrogen-bond donors (Lipinski definition) is 1. The molecule has 1 amide bonds. The van der Waals surface area contributed by atoms with Crippen LogP contribution in [0.5, 0.6) is 0 Å². The van der Waals surface area contributed by atoms with Crippen molar-refractivity contribution in [2.75, 3.05) is 44.0 Å². The number of hydrogen-bond acceptors (Lipinski definition) is 6. The number of aromatic nitrogens is 2. The molecule has 8 heteroatoms. The van der Waals surface area contributed by atoms with Crippen LogP contribution in [0, 0.1) is 0 Å². The third kappa shape index (κ3) is 4.97. The molecule has 2 heterocycles. The van der Waals surface area contributed by atoms with Crippen molar-refractivity contribution in [2.24, 2.45) is 0 Å². The van der Waals surface area contributed by atoms with E-state index >= 15 is 0 Å². The number of carbonyl (C=O) groups excluding carboxylic acids is 1. The average molecular weight is 420 g/mol. The average Bonchev–Trinajstić information content (AvgIpc) is 2.74. The summed E-state index contributed by atoms with van der Waals surface area (Å²) >= 11 is 1.44. The summed E-state index contributed by atoms with van der Waals surface area (Å²) in [6.45, 7) is 3.61. The Labute approximate surface area is 177 Å². The first-order valence-corrected chi connectivity index (χ1v) is 12.1. The Morgan fingerprint density at radius 1 is 1.07 bits per heavy atom. The van der Waals surface area contributed by atoms with Gasteiger partial charge in [0.05, 0.1) is 11.4 Å². The van der Waals surface area contributed by atoms with Crippen LogP contribution in [0.25, 0.3) is 0 Å². The number of thioether (sulfide) groups is 1. The highest BCUT2D eigenvalue weighted by Crippen LogP contribution is 2.28. The number of rotatable bonds is 5. The first-order valence-electron chi connectivity index (χ1n) is 11.1. The van der Waals surface area contributed by atoms with Crippen LogP contribution in [0.4, 0.5) is 0 Å². The van der Waals surface area contributed by atoms with E-state index in [0.29, 0.717) is 11.8 Å². The van der Waals surface area contributed by atoms with Crippen LogP contribution in [-0.2, 0) is 17.6 Å². The Kier molecular flexibility index (Phi) is 6.80. The zero-order valence-electron chi connectivity index (χ0n) is 17.5. The zero-order valence-corrected chi connectivity index (χ0v) is 18.3. The summed E-state index contributed by atoms with van der Waals surface area (Å²) in [4.78, 5) is 32.1. The predicted molar refractivity (Wildman–Crippen MR) is 116 cm³/mol. The molecule has 7 nitrogen and oxygen atoms in total. The van der Waals surface area contributed by atoms with Gasteiger partial charge in [0.15, 0.2) is 0 Å². The van der Waals surface area contributed by atoms with Crippen LogP contribution >= 0.6 is 11.8 Å². The van der Waals surface area contributed by atoms with E-state index in [0.717, 1.165) is 75.4 Å². The molecule has 0 atom stereocenters. The highest BCUT2D eigenvalue weighted by Gasteiger charge is 2.25. The second-order valence-corrected chi connectivity index (χ2v) is 9.56. The molecule has 2 fully saturated rings. The molecule has 0 aromatic carbocycles. The topological polar surface area (TPSA) is 70.5 Å². The molecule has 3 aliphatic rings. The van der Waals surface area contributed by atoms with E-state index in [2.05, 4.69) is 27.3 Å². The molecular formula is C21H33N5O2S. The molecule has 0 unspecified atom stereocenters. The predicted octanol–water partition coefficient (Wildman–Crippen LogP) is 1.55. The molecule has 2 aliphatic carbocycles. The van der Waals surface area contributed by atoms with Crippen molar-refractivity contribution in [3.8, 4) is 0 Å². The number of likely N-dealkylation sites (N-methyl/N-ethyl adjacent to an activating group) is 1. The van der Waals surface area contributed by atoms with Crippen LogP contribution in [-0.4, -0.2) is 65.5 Å². The van der Waals surface area contributed by atoms with Gasteiger partial charge in [0.2, 0.25) is 5.91 Å². The summed E-state index contributed by atoms with van der Waals surface area (Å²) in [5, 5.41) is 6.10. The molecule has 0 bridgehead atoms. The van der Waals surface area contributed by atoms with Gasteiger partial charge >= 0.3 is 5.69 Å². The van der Waals surface area contributed by atoms with Crippen molar-refractivity contribution < 1.29 is 4.79 Å². The van der Waals surface area contributed by atoms with Crippen molar-refractivity contribution in [3.63, 3.8) is 0 Å². The van der Waals surface area contributed by atoms with Crippen LogP contribution in [0.1, 0.15) is 56.2 Å². The van der Waals surface area contributed by atoms with Gasteiger partial charge in [-0.25, -0.2) is 9.47 Å². The van der Waals surface area contributed by atoms with E-state index in [1.54, 1.807) is 0 Å². The summed E-state index contributed by atoms with van der Waals surface area (Å²) in [5.74, 6) is 0.407. The van der Waals surface area contributed by atoms with Crippen LogP contribution in [0.3, 0.4) is 0 Å². The fraction of sp³-hybridized carbons (Fsp3) is 0.762. The Bertz CT molecular complexity index is 782. The highest BCUT2D eigenvalue weighted by atomic mass is 32.2. The fourth-order valence-electron chi connectivity index (χ4n) is 4.73. The summed E-state index contributed by atoms with van der Waals surface area (Å²) < 4.78 is 1.84. The maximum absolute atomic E-state index is 12.9. The van der Waals surface area contributed by atoms with E-state index in [1.807, 2.05) is 4.68 Å². The maximum Gasteiger partial charge on any atom is 0.367 e. The van der Waals surface area contributed by atoms with Gasteiger partial charge in [-0.05, 0) is 45.6 Å². The molecule has 1 aromatic rings. The van der Waals surface area contributed by atoms with E-state index in [4.69, 9.17) is 0 Å². The lowest BCUT2D eigenvalue weighted by Gasteiger charge is -2.37. The molecule has 1 N–H and O–H groups in total. The molecule has 4 rings (SSSR count). The largest absolute Gasteiger partial charge is 0.367 e. The van der Waals surface area contributed by atoms with Crippen LogP contribution in [0.15, 0.2) is 9.82 Å². The number of piperazine rings is 1. The van der Waals surface area contributed by atoms with Gasteiger partial charge in [-0.15, -0.1) is 0 Å². The quantitative estimate of drug-likeness (QED) is 0.577. The van der Waals surface area contributed by atoms with Crippen molar-refractivity contribution >= 4 is 17.7 Å². The SMILES string of the molecule is CN1CCN(n2c3c(c(SCC(=O)NC4CCCCC4)nc2=O)CCCC3)CC1. The standard InChI is InChI=1S/C21H33N5O2S/c1-24-11-13-25(14-12-24)26-18-10-6-5-9-17(18)20(23-21(26)28)29-15-19(27)22-16-7-3-2-4-8-16/h16H,2-15H2,1H3,(H,22,27). The van der Waals surface area contributed by atoms with Crippen molar-refractivity contribution in [2.45, 2.75) is 68.9 Å². The molecule has 1 saturated heterocycles. The van der Waals surface area contributed by atoms with Gasteiger partial charge in [-0.2, -0.15) is 4.98 Å². The van der Waals surface area contributed by atoms with Crippen molar-refractivity contribution in [1.82, 2.24) is 19.9 Å². The minimum atomic E-state index is -0.189. The molecule has 29 heavy (non-hydrogen) atoms. The van der Waals surface area contributed by atoms with Crippen LogP contribution < -0.4 is 16.0 Å². The Hall–Kier alpha value is -1.54. The zero-order chi connectivity index (χ0) is 20.2. The molecule has 1 aliphatic heterocycles. The van der Waals surface area contributed by atoms with Gasteiger partial charge in [-0.3, -0.25) is 4.79 Å². The minimum absolute atomic E-state index is 0.0662. The van der Waals surface area contributed by atoms with E-state index in [-0.39, 0.29) is 11.6 Å². The maximum atomic E-state index is 12.9. The molecule has 160 valence electrons. The Balaban J connectivity index is 1.48. The normalized spacial score (nSPS) is 21.1. The lowest BCUT2D eigenvalue weighted by molar-refractivity contribution is -0.119. The molecular weight excluding hydrogens is 386 g/mol. The highest BCUT2D eigenvalue weighted by molar-refractivity contribution is 7.99. The Morgan fingerprint density at radius 3 is 2.55 bits per heavy atom. The molecule has 0 radical (unpaired) electrons. The van der Waals surface area contributed by atoms with Crippen molar-refractivity contribution in [1.29, 1.82) is 0 Å². The summed E-state index contributed by atoms with van der Waals surface area (Å²) in [7, 11) is 2.12. The van der Waals surface area contributed by atoms with Gasteiger partial charge < -0.3 is 15.2 Å². The van der Waals surface area contributed by atoms with E-state index < -0.39 is 0 Å². The van der Waals surface area contributed by atoms with Gasteiger partial charge in [0.1, 0.15) is 5.03 Å². The van der Waals surface area contributed by atoms with E-state index in [1.165, 1.54) is 36.6 Å². The monoisotopic (exact) mass is 419 g/mol. The lowest BCUT2D eigenvalue weighted by Crippen LogP contribution is -2.55. The molecule has 1 aromatic heterocycles. The number of amides is 1. The second-order valence-electron chi connectivity index (χ2n) is 8.59. The van der Waals surface area contributed by atoms with Gasteiger partial charge in [-0.1, -0.05) is 31.0 Å². The first kappa shape index (κ1) is 20.7. The Morgan fingerprint density at radius 2 is 1.79 bits per heavy atom.